The van der Waals surface area contributed by atoms with Gasteiger partial charge in [-0.3, -0.25) is 4.79 Å². The van der Waals surface area contributed by atoms with Gasteiger partial charge in [-0.05, 0) is 49.2 Å². The third-order valence-corrected chi connectivity index (χ3v) is 5.41. The first-order valence-electron chi connectivity index (χ1n) is 7.77. The molecule has 9 heteroatoms. The molecule has 138 valence electrons. The van der Waals surface area contributed by atoms with E-state index in [1.807, 2.05) is 0 Å². The highest BCUT2D eigenvalue weighted by Crippen LogP contribution is 2.35. The van der Waals surface area contributed by atoms with Crippen molar-refractivity contribution in [1.82, 2.24) is 0 Å². The molecule has 0 unspecified atom stereocenters. The number of hydrogen-bond donors (Lipinski definition) is 2. The molecule has 0 heterocycles. The van der Waals surface area contributed by atoms with Crippen molar-refractivity contribution in [1.29, 1.82) is 0 Å². The Bertz CT molecular complexity index is 921. The number of hydrogen-bond acceptors (Lipinski definition) is 4. The van der Waals surface area contributed by atoms with Crippen molar-refractivity contribution in [3.63, 3.8) is 0 Å². The van der Waals surface area contributed by atoms with E-state index in [9.17, 15) is 26.4 Å². The lowest BCUT2D eigenvalue weighted by atomic mass is 10.2. The minimum absolute atomic E-state index is 0.0484. The second-order valence-corrected chi connectivity index (χ2v) is 7.82. The zero-order valence-corrected chi connectivity index (χ0v) is 14.2. The number of sulfone groups is 1. The van der Waals surface area contributed by atoms with Crippen LogP contribution in [0.1, 0.15) is 12.8 Å². The van der Waals surface area contributed by atoms with E-state index < -0.39 is 20.2 Å². The summed E-state index contributed by atoms with van der Waals surface area (Å²) in [4.78, 5) is 10.9. The van der Waals surface area contributed by atoms with E-state index in [0.717, 1.165) is 18.9 Å². The van der Waals surface area contributed by atoms with Gasteiger partial charge in [0.25, 0.3) is 9.84 Å². The van der Waals surface area contributed by atoms with Crippen LogP contribution in [0.2, 0.25) is 0 Å². The number of para-hydroxylation sites is 1. The highest BCUT2D eigenvalue weighted by molar-refractivity contribution is 7.92. The highest BCUT2D eigenvalue weighted by atomic mass is 32.2. The first kappa shape index (κ1) is 18.2. The van der Waals surface area contributed by atoms with Gasteiger partial charge < -0.3 is 10.6 Å². The topological polar surface area (TPSA) is 75.3 Å². The third kappa shape index (κ3) is 3.82. The Morgan fingerprint density at radius 1 is 0.962 bits per heavy atom. The van der Waals surface area contributed by atoms with E-state index >= 15 is 0 Å². The number of carbonyl (C=O) groups excluding carboxylic acids is 1. The lowest BCUT2D eigenvalue weighted by Crippen LogP contribution is -2.24. The fourth-order valence-electron chi connectivity index (χ4n) is 2.31. The van der Waals surface area contributed by atoms with Crippen molar-refractivity contribution in [2.75, 3.05) is 10.6 Å². The molecule has 1 amide bonds. The number of rotatable bonds is 5. The minimum atomic E-state index is -5.47. The number of anilines is 3. The van der Waals surface area contributed by atoms with Gasteiger partial charge in [0, 0.05) is 17.3 Å². The molecule has 26 heavy (non-hydrogen) atoms. The van der Waals surface area contributed by atoms with Crippen molar-refractivity contribution >= 4 is 32.8 Å². The summed E-state index contributed by atoms with van der Waals surface area (Å²) in [7, 11) is -5.47. The summed E-state index contributed by atoms with van der Waals surface area (Å²) in [5.41, 5.74) is -4.62. The lowest BCUT2D eigenvalue weighted by molar-refractivity contribution is -0.117. The van der Waals surface area contributed by atoms with Crippen LogP contribution in [0.4, 0.5) is 30.2 Å². The normalized spacial score (nSPS) is 14.7. The zero-order valence-electron chi connectivity index (χ0n) is 13.4. The Morgan fingerprint density at radius 3 is 2.12 bits per heavy atom. The Hall–Kier alpha value is -2.55. The molecule has 0 atom stereocenters. The van der Waals surface area contributed by atoms with Gasteiger partial charge in [0.2, 0.25) is 5.91 Å². The van der Waals surface area contributed by atoms with E-state index in [0.29, 0.717) is 11.4 Å². The van der Waals surface area contributed by atoms with E-state index in [2.05, 4.69) is 10.6 Å². The molecule has 2 N–H and O–H groups in total. The van der Waals surface area contributed by atoms with Gasteiger partial charge in [-0.15, -0.1) is 0 Å². The Balaban J connectivity index is 1.80. The van der Waals surface area contributed by atoms with Gasteiger partial charge in [0.05, 0.1) is 10.6 Å². The molecule has 0 radical (unpaired) electrons. The van der Waals surface area contributed by atoms with E-state index in [4.69, 9.17) is 0 Å². The van der Waals surface area contributed by atoms with E-state index in [-0.39, 0.29) is 17.5 Å². The maximum Gasteiger partial charge on any atom is 0.501 e. The van der Waals surface area contributed by atoms with Crippen LogP contribution in [0.25, 0.3) is 0 Å². The standard InChI is InChI=1S/C17H15F3N2O3S/c18-17(19,20)26(24,25)15-4-2-1-3-14(15)21-12-7-9-13(10-8-12)22-16(23)11-5-6-11/h1-4,7-11,21H,5-6H2,(H,22,23). The summed E-state index contributed by atoms with van der Waals surface area (Å²) in [5.74, 6) is -0.0143. The summed E-state index contributed by atoms with van der Waals surface area (Å²) in [6, 6.07) is 11.1. The largest absolute Gasteiger partial charge is 0.501 e. The van der Waals surface area contributed by atoms with Crippen molar-refractivity contribution in [2.45, 2.75) is 23.2 Å². The molecule has 1 saturated carbocycles. The molecule has 0 aromatic heterocycles. The monoisotopic (exact) mass is 384 g/mol. The van der Waals surface area contributed by atoms with Gasteiger partial charge in [-0.1, -0.05) is 12.1 Å². The second-order valence-electron chi connectivity index (χ2n) is 5.91. The summed E-state index contributed by atoms with van der Waals surface area (Å²) in [6.07, 6.45) is 1.74. The summed E-state index contributed by atoms with van der Waals surface area (Å²) < 4.78 is 61.9. The number of alkyl halides is 3. The van der Waals surface area contributed by atoms with Gasteiger partial charge in [-0.2, -0.15) is 13.2 Å². The number of benzene rings is 2. The van der Waals surface area contributed by atoms with Crippen molar-refractivity contribution in [2.24, 2.45) is 5.92 Å². The molecule has 0 aliphatic heterocycles. The van der Waals surface area contributed by atoms with Gasteiger partial charge >= 0.3 is 5.51 Å². The number of halogens is 3. The van der Waals surface area contributed by atoms with Crippen molar-refractivity contribution in [3.05, 3.63) is 48.5 Å². The zero-order chi connectivity index (χ0) is 18.9. The molecule has 1 aliphatic rings. The molecule has 0 spiro atoms. The molecule has 2 aromatic rings. The van der Waals surface area contributed by atoms with Crippen molar-refractivity contribution in [3.8, 4) is 0 Å². The molecule has 0 saturated heterocycles. The summed E-state index contributed by atoms with van der Waals surface area (Å²) >= 11 is 0. The van der Waals surface area contributed by atoms with Crippen LogP contribution in [0.3, 0.4) is 0 Å². The Morgan fingerprint density at radius 2 is 1.54 bits per heavy atom. The van der Waals surface area contributed by atoms with E-state index in [1.165, 1.54) is 18.2 Å². The van der Waals surface area contributed by atoms with Crippen LogP contribution in [-0.4, -0.2) is 19.8 Å². The minimum Gasteiger partial charge on any atom is -0.354 e. The number of amides is 1. The average molecular weight is 384 g/mol. The maximum atomic E-state index is 12.8. The average Bonchev–Trinajstić information content (AvgIpc) is 3.41. The van der Waals surface area contributed by atoms with Crippen LogP contribution >= 0.6 is 0 Å². The van der Waals surface area contributed by atoms with Gasteiger partial charge in [0.1, 0.15) is 0 Å². The third-order valence-electron chi connectivity index (χ3n) is 3.86. The van der Waals surface area contributed by atoms with Crippen LogP contribution in [0, 0.1) is 5.92 Å². The lowest BCUT2D eigenvalue weighted by Gasteiger charge is -2.14. The Labute approximate surface area is 148 Å². The predicted molar refractivity (Wildman–Crippen MR) is 90.8 cm³/mol. The smallest absolute Gasteiger partial charge is 0.354 e. The molecule has 1 fully saturated rings. The fraction of sp³-hybridized carbons (Fsp3) is 0.235. The van der Waals surface area contributed by atoms with Crippen molar-refractivity contribution < 1.29 is 26.4 Å². The molecule has 1 aliphatic carbocycles. The fourth-order valence-corrected chi connectivity index (χ4v) is 3.23. The molecular weight excluding hydrogens is 369 g/mol. The van der Waals surface area contributed by atoms with Crippen LogP contribution < -0.4 is 10.6 Å². The molecule has 3 rings (SSSR count). The highest BCUT2D eigenvalue weighted by Gasteiger charge is 2.47. The SMILES string of the molecule is O=C(Nc1ccc(Nc2ccccc2S(=O)(=O)C(F)(F)F)cc1)C1CC1. The molecule has 0 bridgehead atoms. The molecule has 2 aromatic carbocycles. The summed E-state index contributed by atoms with van der Waals surface area (Å²) in [6.45, 7) is 0. The maximum absolute atomic E-state index is 12.8. The first-order valence-corrected chi connectivity index (χ1v) is 9.25. The Kier molecular flexibility index (Phi) is 4.66. The quantitative estimate of drug-likeness (QED) is 0.815. The van der Waals surface area contributed by atoms with E-state index in [1.54, 1.807) is 24.3 Å². The number of carbonyl (C=O) groups is 1. The van der Waals surface area contributed by atoms with Gasteiger partial charge in [0.15, 0.2) is 0 Å². The van der Waals surface area contributed by atoms with Crippen LogP contribution in [0.15, 0.2) is 53.4 Å². The second kappa shape index (κ2) is 6.64. The predicted octanol–water partition coefficient (Wildman–Crippen LogP) is 4.07. The number of nitrogens with one attached hydrogen (secondary N) is 2. The van der Waals surface area contributed by atoms with Gasteiger partial charge in [-0.25, -0.2) is 8.42 Å². The molecular formula is C17H15F3N2O3S. The summed E-state index contributed by atoms with van der Waals surface area (Å²) in [5, 5.41) is 5.41. The van der Waals surface area contributed by atoms with Crippen LogP contribution in [-0.2, 0) is 14.6 Å². The molecule has 5 nitrogen and oxygen atoms in total. The first-order chi connectivity index (χ1) is 12.2. The van der Waals surface area contributed by atoms with Crippen LogP contribution in [0.5, 0.6) is 0 Å².